The van der Waals surface area contributed by atoms with Crippen molar-refractivity contribution >= 4 is 39.3 Å². The van der Waals surface area contributed by atoms with Crippen molar-refractivity contribution in [3.63, 3.8) is 0 Å². The molecular formula is C36H51NO7S. The molecule has 2 aromatic rings. The Bertz CT molecular complexity index is 1370. The fraction of sp³-hybridized carbons (Fsp3) is 0.667. The summed E-state index contributed by atoms with van der Waals surface area (Å²) in [6, 6.07) is 5.94. The van der Waals surface area contributed by atoms with Crippen LogP contribution < -0.4 is 0 Å². The molecule has 0 unspecified atom stereocenters. The summed E-state index contributed by atoms with van der Waals surface area (Å²) in [6.07, 6.45) is 4.44. The standard InChI is InChI=1S/C36H51NO7S/c1-8-10-11-15-31(38)43-29-21-32(39)42-27(24-16-17-28-26(19-24)37-23(4)45-28)20-30-36(7,44-30)18-12-14-22(3)33(40)25(13-9-2)34(41)35(29,5)6/h9,16-17,19,22,25,27,29-30,33,40H,2,8,10-15,18,20-21H2,1,3-7H3/t22-,25+,27-,29-,30-,33-,36+/m0/s1. The van der Waals surface area contributed by atoms with Crippen LogP contribution in [0.15, 0.2) is 30.9 Å². The number of aliphatic hydroxyl groups excluding tert-OH is 1. The number of epoxide rings is 1. The van der Waals surface area contributed by atoms with Crippen molar-refractivity contribution in [3.05, 3.63) is 41.4 Å². The zero-order valence-corrected chi connectivity index (χ0v) is 28.6. The number of hydrogen-bond acceptors (Lipinski definition) is 9. The maximum atomic E-state index is 14.2. The van der Waals surface area contributed by atoms with Gasteiger partial charge in [-0.3, -0.25) is 14.4 Å². The van der Waals surface area contributed by atoms with Gasteiger partial charge in [-0.2, -0.15) is 0 Å². The molecule has 8 nitrogen and oxygen atoms in total. The zero-order valence-electron chi connectivity index (χ0n) is 27.8. The van der Waals surface area contributed by atoms with Crippen LogP contribution in [0.5, 0.6) is 0 Å². The number of carbonyl (C=O) groups is 3. The highest BCUT2D eigenvalue weighted by Crippen LogP contribution is 2.47. The molecule has 7 atom stereocenters. The number of ketones is 1. The quantitative estimate of drug-likeness (QED) is 0.136. The summed E-state index contributed by atoms with van der Waals surface area (Å²) in [5.41, 5.74) is 0.0495. The zero-order chi connectivity index (χ0) is 32.9. The summed E-state index contributed by atoms with van der Waals surface area (Å²) in [5, 5.41) is 12.4. The molecule has 45 heavy (non-hydrogen) atoms. The molecule has 0 amide bonds. The average Bonchev–Trinajstić information content (AvgIpc) is 3.45. The van der Waals surface area contributed by atoms with E-state index < -0.39 is 41.6 Å². The van der Waals surface area contributed by atoms with Gasteiger partial charge in [0.2, 0.25) is 0 Å². The minimum Gasteiger partial charge on any atom is -0.461 e. The van der Waals surface area contributed by atoms with E-state index in [9.17, 15) is 19.5 Å². The van der Waals surface area contributed by atoms with E-state index in [0.717, 1.165) is 52.9 Å². The summed E-state index contributed by atoms with van der Waals surface area (Å²) in [7, 11) is 0. The van der Waals surface area contributed by atoms with E-state index in [2.05, 4.69) is 25.4 Å². The van der Waals surface area contributed by atoms with Crippen LogP contribution in [0.2, 0.25) is 0 Å². The molecule has 2 aliphatic heterocycles. The highest BCUT2D eigenvalue weighted by Gasteiger charge is 2.53. The maximum absolute atomic E-state index is 14.2. The first-order chi connectivity index (χ1) is 21.3. The molecular weight excluding hydrogens is 590 g/mol. The number of rotatable bonds is 8. The van der Waals surface area contributed by atoms with Crippen LogP contribution in [0.3, 0.4) is 0 Å². The summed E-state index contributed by atoms with van der Waals surface area (Å²) < 4.78 is 19.4. The Balaban J connectivity index is 1.68. The second-order valence-electron chi connectivity index (χ2n) is 13.8. The van der Waals surface area contributed by atoms with E-state index >= 15 is 0 Å². The topological polar surface area (TPSA) is 115 Å². The van der Waals surface area contributed by atoms with Crippen molar-refractivity contribution in [1.82, 2.24) is 4.98 Å². The lowest BCUT2D eigenvalue weighted by atomic mass is 9.71. The highest BCUT2D eigenvalue weighted by atomic mass is 32.1. The smallest absolute Gasteiger partial charge is 0.310 e. The Morgan fingerprint density at radius 2 is 2.00 bits per heavy atom. The van der Waals surface area contributed by atoms with Crippen molar-refractivity contribution < 1.29 is 33.7 Å². The normalized spacial score (nSPS) is 31.2. The summed E-state index contributed by atoms with van der Waals surface area (Å²) in [5.74, 6) is -2.17. The molecule has 2 saturated heterocycles. The van der Waals surface area contributed by atoms with Crippen molar-refractivity contribution in [2.75, 3.05) is 0 Å². The lowest BCUT2D eigenvalue weighted by Gasteiger charge is -2.37. The number of cyclic esters (lactones) is 1. The van der Waals surface area contributed by atoms with Crippen LogP contribution in [-0.2, 0) is 28.6 Å². The third kappa shape index (κ3) is 8.60. The van der Waals surface area contributed by atoms with E-state index in [0.29, 0.717) is 12.8 Å². The van der Waals surface area contributed by atoms with Gasteiger partial charge in [-0.1, -0.05) is 45.3 Å². The molecule has 1 N–H and O–H groups in total. The Labute approximate surface area is 271 Å². The first-order valence-electron chi connectivity index (χ1n) is 16.6. The molecule has 2 fully saturated rings. The molecule has 0 aliphatic carbocycles. The number of unbranched alkanes of at least 4 members (excludes halogenated alkanes) is 2. The maximum Gasteiger partial charge on any atom is 0.310 e. The van der Waals surface area contributed by atoms with E-state index in [1.54, 1.807) is 31.3 Å². The van der Waals surface area contributed by atoms with Crippen molar-refractivity contribution in [1.29, 1.82) is 0 Å². The van der Waals surface area contributed by atoms with Crippen LogP contribution in [0, 0.1) is 24.2 Å². The third-order valence-electron chi connectivity index (χ3n) is 9.76. The predicted octanol–water partition coefficient (Wildman–Crippen LogP) is 7.59. The number of ether oxygens (including phenoxy) is 3. The third-order valence-corrected chi connectivity index (χ3v) is 10.7. The van der Waals surface area contributed by atoms with Crippen LogP contribution in [0.1, 0.15) is 116 Å². The molecule has 3 heterocycles. The largest absolute Gasteiger partial charge is 0.461 e. The minimum absolute atomic E-state index is 0.102. The predicted molar refractivity (Wildman–Crippen MR) is 176 cm³/mol. The number of thiazole rings is 1. The summed E-state index contributed by atoms with van der Waals surface area (Å²) in [6.45, 7) is 15.3. The number of nitrogens with zero attached hydrogens (tertiary/aromatic N) is 1. The number of fused-ring (bicyclic) bond motifs is 2. The molecule has 2 aliphatic rings. The summed E-state index contributed by atoms with van der Waals surface area (Å²) >= 11 is 1.61. The number of Topliss-reactive ketones (excluding diaryl/α,β-unsaturated/α-hetero) is 1. The summed E-state index contributed by atoms with van der Waals surface area (Å²) in [4.78, 5) is 45.6. The van der Waals surface area contributed by atoms with E-state index in [1.165, 1.54) is 0 Å². The monoisotopic (exact) mass is 641 g/mol. The molecule has 0 spiro atoms. The second kappa shape index (κ2) is 14.9. The lowest BCUT2D eigenvalue weighted by Crippen LogP contribution is -2.48. The first kappa shape index (κ1) is 35.2. The van der Waals surface area contributed by atoms with Crippen molar-refractivity contribution in [3.8, 4) is 0 Å². The Morgan fingerprint density at radius 3 is 2.71 bits per heavy atom. The number of aliphatic hydroxyl groups is 1. The van der Waals surface area contributed by atoms with Crippen LogP contribution in [0.4, 0.5) is 0 Å². The Kier molecular flexibility index (Phi) is 11.6. The van der Waals surface area contributed by atoms with Gasteiger partial charge in [-0.25, -0.2) is 4.98 Å². The highest BCUT2D eigenvalue weighted by molar-refractivity contribution is 7.18. The molecule has 1 aromatic carbocycles. The molecule has 4 rings (SSSR count). The van der Waals surface area contributed by atoms with Gasteiger partial charge in [0, 0.05) is 18.8 Å². The van der Waals surface area contributed by atoms with Gasteiger partial charge in [-0.05, 0) is 77.0 Å². The van der Waals surface area contributed by atoms with Gasteiger partial charge in [0.1, 0.15) is 18.0 Å². The molecule has 0 bridgehead atoms. The molecule has 0 radical (unpaired) electrons. The number of carbonyl (C=O) groups excluding carboxylic acids is 3. The minimum atomic E-state index is -1.27. The fourth-order valence-corrected chi connectivity index (χ4v) is 7.42. The van der Waals surface area contributed by atoms with Gasteiger partial charge < -0.3 is 19.3 Å². The van der Waals surface area contributed by atoms with E-state index in [4.69, 9.17) is 14.2 Å². The van der Waals surface area contributed by atoms with E-state index in [-0.39, 0.29) is 42.7 Å². The average molecular weight is 642 g/mol. The molecule has 0 saturated carbocycles. The van der Waals surface area contributed by atoms with Gasteiger partial charge in [0.05, 0.1) is 44.9 Å². The van der Waals surface area contributed by atoms with Crippen molar-refractivity contribution in [2.45, 2.75) is 136 Å². The Hall–Kier alpha value is -2.62. The van der Waals surface area contributed by atoms with Gasteiger partial charge in [0.25, 0.3) is 0 Å². The fourth-order valence-electron chi connectivity index (χ4n) is 6.61. The van der Waals surface area contributed by atoms with Gasteiger partial charge >= 0.3 is 11.9 Å². The first-order valence-corrected chi connectivity index (χ1v) is 17.4. The van der Waals surface area contributed by atoms with Crippen LogP contribution >= 0.6 is 11.3 Å². The number of esters is 2. The van der Waals surface area contributed by atoms with Crippen LogP contribution in [0.25, 0.3) is 10.2 Å². The molecule has 1 aromatic heterocycles. The molecule has 9 heteroatoms. The Morgan fingerprint density at radius 1 is 1.24 bits per heavy atom. The van der Waals surface area contributed by atoms with Gasteiger partial charge in [0.15, 0.2) is 0 Å². The van der Waals surface area contributed by atoms with Crippen LogP contribution in [-0.4, -0.2) is 51.7 Å². The second-order valence-corrected chi connectivity index (χ2v) is 15.0. The molecule has 248 valence electrons. The number of allylic oxidation sites excluding steroid dienone is 1. The SMILES string of the molecule is C=CC[C@H]1C(=O)C(C)(C)[C@@H](OC(=O)CCCCC)CC(=O)O[C@H](c2ccc3sc(C)nc3c2)C[C@@H]2O[C@]2(C)CCC[C@H](C)[C@@H]1O. The number of aryl methyl sites for hydroxylation is 1. The van der Waals surface area contributed by atoms with Crippen molar-refractivity contribution in [2.24, 2.45) is 17.3 Å². The lowest BCUT2D eigenvalue weighted by molar-refractivity contribution is -0.168. The number of aromatic nitrogens is 1. The number of benzene rings is 1. The van der Waals surface area contributed by atoms with Gasteiger partial charge in [-0.15, -0.1) is 17.9 Å². The number of hydrogen-bond donors (Lipinski definition) is 1. The van der Waals surface area contributed by atoms with E-state index in [1.807, 2.05) is 32.0 Å².